The molecule has 8 heteroatoms. The normalized spacial score (nSPS) is 27.1. The van der Waals surface area contributed by atoms with Gasteiger partial charge >= 0.3 is 5.97 Å². The third kappa shape index (κ3) is 2.12. The zero-order chi connectivity index (χ0) is 15.3. The van der Waals surface area contributed by atoms with Crippen LogP contribution in [-0.4, -0.2) is 28.1 Å². The lowest BCUT2D eigenvalue weighted by Crippen LogP contribution is -2.33. The van der Waals surface area contributed by atoms with Gasteiger partial charge in [-0.15, -0.1) is 0 Å². The molecule has 21 heavy (non-hydrogen) atoms. The van der Waals surface area contributed by atoms with Crippen LogP contribution in [-0.2, 0) is 4.79 Å². The monoisotopic (exact) mass is 314 g/mol. The number of hydrogen-bond acceptors (Lipinski definition) is 4. The van der Waals surface area contributed by atoms with Crippen LogP contribution in [0.25, 0.3) is 0 Å². The van der Waals surface area contributed by atoms with Crippen molar-refractivity contribution in [3.8, 4) is 0 Å². The molecule has 1 aromatic rings. The Morgan fingerprint density at radius 3 is 2.76 bits per heavy atom. The molecule has 0 spiro atoms. The molecule has 2 heterocycles. The van der Waals surface area contributed by atoms with Gasteiger partial charge in [-0.3, -0.25) is 14.9 Å². The summed E-state index contributed by atoms with van der Waals surface area (Å²) in [6, 6.07) is 1.60. The smallest absolute Gasteiger partial charge is 0.308 e. The highest BCUT2D eigenvalue weighted by Crippen LogP contribution is 2.47. The summed E-state index contributed by atoms with van der Waals surface area (Å²) in [5, 5.41) is 20.1. The van der Waals surface area contributed by atoms with Gasteiger partial charge in [-0.2, -0.15) is 0 Å². The second kappa shape index (κ2) is 4.84. The summed E-state index contributed by atoms with van der Waals surface area (Å²) in [5.41, 5.74) is -0.164. The first-order valence-corrected chi connectivity index (χ1v) is 6.92. The SMILES string of the molecule is O=C(O)C1CC2CCC1N2c1cc(F)c(Cl)cc1[N+](=O)[O-]. The first-order valence-electron chi connectivity index (χ1n) is 6.54. The average molecular weight is 315 g/mol. The lowest BCUT2D eigenvalue weighted by atomic mass is 9.89. The molecular weight excluding hydrogens is 303 g/mol. The number of carbonyl (C=O) groups is 1. The van der Waals surface area contributed by atoms with E-state index >= 15 is 0 Å². The highest BCUT2D eigenvalue weighted by molar-refractivity contribution is 6.31. The maximum absolute atomic E-state index is 13.7. The van der Waals surface area contributed by atoms with E-state index < -0.39 is 22.6 Å². The molecule has 2 saturated heterocycles. The van der Waals surface area contributed by atoms with Gasteiger partial charge in [-0.1, -0.05) is 11.6 Å². The van der Waals surface area contributed by atoms with E-state index in [9.17, 15) is 24.4 Å². The number of nitrogens with zero attached hydrogens (tertiary/aromatic N) is 2. The number of fused-ring (bicyclic) bond motifs is 2. The van der Waals surface area contributed by atoms with Crippen LogP contribution in [0.5, 0.6) is 0 Å². The summed E-state index contributed by atoms with van der Waals surface area (Å²) in [7, 11) is 0. The first-order chi connectivity index (χ1) is 9.90. The second-order valence-corrected chi connectivity index (χ2v) is 5.81. The maximum Gasteiger partial charge on any atom is 0.308 e. The quantitative estimate of drug-likeness (QED) is 0.685. The summed E-state index contributed by atoms with van der Waals surface area (Å²) in [6.07, 6.45) is 1.83. The second-order valence-electron chi connectivity index (χ2n) is 5.40. The molecule has 1 aromatic carbocycles. The highest BCUT2D eigenvalue weighted by atomic mass is 35.5. The Kier molecular flexibility index (Phi) is 3.24. The van der Waals surface area contributed by atoms with Crippen LogP contribution in [0.3, 0.4) is 0 Å². The van der Waals surface area contributed by atoms with Gasteiger partial charge in [0.1, 0.15) is 11.5 Å². The Hall–Kier alpha value is -1.89. The van der Waals surface area contributed by atoms with Crippen molar-refractivity contribution in [3.05, 3.63) is 33.1 Å². The van der Waals surface area contributed by atoms with Gasteiger partial charge in [0, 0.05) is 24.2 Å². The van der Waals surface area contributed by atoms with Gasteiger partial charge in [0.05, 0.1) is 15.9 Å². The van der Waals surface area contributed by atoms with Gasteiger partial charge in [0.15, 0.2) is 0 Å². The van der Waals surface area contributed by atoms with Crippen molar-refractivity contribution < 1.29 is 19.2 Å². The number of nitro benzene ring substituents is 1. The molecule has 2 aliphatic rings. The van der Waals surface area contributed by atoms with Crippen LogP contribution in [0.4, 0.5) is 15.8 Å². The number of rotatable bonds is 3. The number of anilines is 1. The summed E-state index contributed by atoms with van der Waals surface area (Å²) in [4.78, 5) is 23.5. The minimum atomic E-state index is -0.913. The predicted molar refractivity (Wildman–Crippen MR) is 73.1 cm³/mol. The molecule has 0 aliphatic carbocycles. The third-order valence-electron chi connectivity index (χ3n) is 4.35. The largest absolute Gasteiger partial charge is 0.481 e. The van der Waals surface area contributed by atoms with E-state index in [1.165, 1.54) is 0 Å². The van der Waals surface area contributed by atoms with Crippen LogP contribution < -0.4 is 4.90 Å². The first kappa shape index (κ1) is 14.1. The summed E-state index contributed by atoms with van der Waals surface area (Å²) in [5.74, 6) is -2.22. The lowest BCUT2D eigenvalue weighted by Gasteiger charge is -2.25. The van der Waals surface area contributed by atoms with E-state index in [4.69, 9.17) is 11.6 Å². The van der Waals surface area contributed by atoms with E-state index in [0.717, 1.165) is 18.6 Å². The van der Waals surface area contributed by atoms with Crippen LogP contribution >= 0.6 is 11.6 Å². The fourth-order valence-electron chi connectivity index (χ4n) is 3.51. The topological polar surface area (TPSA) is 83.7 Å². The summed E-state index contributed by atoms with van der Waals surface area (Å²) >= 11 is 5.61. The molecule has 0 radical (unpaired) electrons. The van der Waals surface area contributed by atoms with Gasteiger partial charge in [0.25, 0.3) is 5.69 Å². The van der Waals surface area contributed by atoms with Crippen molar-refractivity contribution in [3.63, 3.8) is 0 Å². The van der Waals surface area contributed by atoms with Crippen molar-refractivity contribution in [1.82, 2.24) is 0 Å². The van der Waals surface area contributed by atoms with E-state index in [1.807, 2.05) is 0 Å². The molecule has 3 rings (SSSR count). The van der Waals surface area contributed by atoms with Crippen LogP contribution in [0, 0.1) is 21.8 Å². The maximum atomic E-state index is 13.7. The van der Waals surface area contributed by atoms with Gasteiger partial charge in [-0.05, 0) is 19.3 Å². The molecular formula is C13H12ClFN2O4. The summed E-state index contributed by atoms with van der Waals surface area (Å²) in [6.45, 7) is 0. The standard InChI is InChI=1S/C13H12ClFN2O4/c14-8-4-12(17(20)21)11(5-9(8)15)16-6-1-2-10(16)7(3-6)13(18)19/h4-7,10H,1-3H2,(H,18,19). The molecule has 3 atom stereocenters. The van der Waals surface area contributed by atoms with Crippen molar-refractivity contribution in [2.45, 2.75) is 31.3 Å². The van der Waals surface area contributed by atoms with Crippen molar-refractivity contribution >= 4 is 28.9 Å². The molecule has 3 unspecified atom stereocenters. The summed E-state index contributed by atoms with van der Waals surface area (Å²) < 4.78 is 13.7. The molecule has 112 valence electrons. The Balaban J connectivity index is 2.07. The third-order valence-corrected chi connectivity index (χ3v) is 4.64. The van der Waals surface area contributed by atoms with E-state index in [1.54, 1.807) is 4.90 Å². The Labute approximate surface area is 124 Å². The Morgan fingerprint density at radius 2 is 2.19 bits per heavy atom. The molecule has 6 nitrogen and oxygen atoms in total. The number of carboxylic acids is 1. The average Bonchev–Trinajstić information content (AvgIpc) is 2.98. The van der Waals surface area contributed by atoms with Gasteiger partial charge in [0.2, 0.25) is 0 Å². The molecule has 2 fully saturated rings. The van der Waals surface area contributed by atoms with E-state index in [0.29, 0.717) is 12.8 Å². The minimum absolute atomic E-state index is 0.102. The minimum Gasteiger partial charge on any atom is -0.481 e. The fourth-order valence-corrected chi connectivity index (χ4v) is 3.67. The van der Waals surface area contributed by atoms with Crippen molar-refractivity contribution in [1.29, 1.82) is 0 Å². The van der Waals surface area contributed by atoms with E-state index in [2.05, 4.69) is 0 Å². The lowest BCUT2D eigenvalue weighted by molar-refractivity contribution is -0.384. The molecule has 0 saturated carbocycles. The fraction of sp³-hybridized carbons (Fsp3) is 0.462. The van der Waals surface area contributed by atoms with E-state index in [-0.39, 0.29) is 28.5 Å². The van der Waals surface area contributed by atoms with Crippen molar-refractivity contribution in [2.75, 3.05) is 4.90 Å². The predicted octanol–water partition coefficient (Wildman–Crippen LogP) is 2.83. The Morgan fingerprint density at radius 1 is 1.48 bits per heavy atom. The molecule has 0 aromatic heterocycles. The zero-order valence-electron chi connectivity index (χ0n) is 10.8. The van der Waals surface area contributed by atoms with Crippen molar-refractivity contribution in [2.24, 2.45) is 5.92 Å². The zero-order valence-corrected chi connectivity index (χ0v) is 11.6. The number of nitro groups is 1. The van der Waals surface area contributed by atoms with Crippen LogP contribution in [0.1, 0.15) is 19.3 Å². The van der Waals surface area contributed by atoms with Crippen LogP contribution in [0.2, 0.25) is 5.02 Å². The van der Waals surface area contributed by atoms with Gasteiger partial charge < -0.3 is 10.0 Å². The van der Waals surface area contributed by atoms with Gasteiger partial charge in [-0.25, -0.2) is 4.39 Å². The number of halogens is 2. The molecule has 1 N–H and O–H groups in total. The number of carboxylic acid groups (broad SMARTS) is 1. The Bertz CT molecular complexity index is 639. The number of aliphatic carboxylic acids is 1. The molecule has 2 aliphatic heterocycles. The highest BCUT2D eigenvalue weighted by Gasteiger charge is 2.50. The molecule has 0 amide bonds. The van der Waals surface area contributed by atoms with Crippen LogP contribution in [0.15, 0.2) is 12.1 Å². The number of hydrogen-bond donors (Lipinski definition) is 1. The number of benzene rings is 1. The molecule has 2 bridgehead atoms.